The van der Waals surface area contributed by atoms with Gasteiger partial charge in [0.15, 0.2) is 21.2 Å². The van der Waals surface area contributed by atoms with Crippen LogP contribution in [0.25, 0.3) is 0 Å². The van der Waals surface area contributed by atoms with E-state index in [2.05, 4.69) is 4.90 Å². The van der Waals surface area contributed by atoms with E-state index < -0.39 is 45.2 Å². The lowest BCUT2D eigenvalue weighted by atomic mass is 9.56. The third kappa shape index (κ3) is 3.83. The Hall–Kier alpha value is -3.60. The van der Waals surface area contributed by atoms with Crippen molar-refractivity contribution in [2.75, 3.05) is 50.3 Å². The molecule has 5 aliphatic rings. The molecule has 3 aliphatic heterocycles. The van der Waals surface area contributed by atoms with Crippen LogP contribution in [0.15, 0.2) is 54.1 Å². The van der Waals surface area contributed by atoms with Crippen LogP contribution < -0.4 is 14.5 Å². The molecule has 1 saturated carbocycles. The number of likely N-dealkylation sites (tertiary alicyclic amines) is 1. The number of alkyl halides is 2. The number of phenolic OH excluding ortho intramolecular Hbond substituents is 1. The molecule has 7 rings (SSSR count). The van der Waals surface area contributed by atoms with Crippen LogP contribution in [0.2, 0.25) is 0 Å². The summed E-state index contributed by atoms with van der Waals surface area (Å²) in [5.41, 5.74) is 2.63. The first-order chi connectivity index (χ1) is 21.0. The highest BCUT2D eigenvalue weighted by Gasteiger charge is 2.75. The molecular weight excluding hydrogens is 609 g/mol. The van der Waals surface area contributed by atoms with E-state index >= 15 is 0 Å². The fourth-order valence-corrected chi connectivity index (χ4v) is 8.90. The lowest BCUT2D eigenvalue weighted by Crippen LogP contribution is -2.60. The van der Waals surface area contributed by atoms with Crippen LogP contribution in [0.5, 0.6) is 11.5 Å². The number of hydrogen-bond donors (Lipinski definition) is 1. The Bertz CT molecular complexity index is 1620. The second-order valence-corrected chi connectivity index (χ2v) is 13.3. The summed E-state index contributed by atoms with van der Waals surface area (Å²) in [4.78, 5) is 56.0. The SMILES string of the molecule is COc1cc([C@H]2C3=CC[C@@H]4C(=O)N(c5ccc(N6CCOCC6)cc5)C(=O)[C@@H]4[C@@H]3C[C@@]3(Cl)C(=O)N(C)C(=O)[C@@]23Cl)ccc1O. The van der Waals surface area contributed by atoms with Gasteiger partial charge in [0.2, 0.25) is 11.8 Å². The van der Waals surface area contributed by atoms with Gasteiger partial charge in [0, 0.05) is 31.7 Å². The summed E-state index contributed by atoms with van der Waals surface area (Å²) < 4.78 is 10.8. The molecule has 0 bridgehead atoms. The summed E-state index contributed by atoms with van der Waals surface area (Å²) in [6.07, 6.45) is 2.05. The Balaban J connectivity index is 1.29. The number of nitrogens with zero attached hydrogens (tertiary/aromatic N) is 3. The summed E-state index contributed by atoms with van der Waals surface area (Å²) in [7, 11) is 2.75. The lowest BCUT2D eigenvalue weighted by Gasteiger charge is -2.50. The Morgan fingerprint density at radius 1 is 0.932 bits per heavy atom. The first-order valence-corrected chi connectivity index (χ1v) is 15.4. The smallest absolute Gasteiger partial charge is 0.253 e. The van der Waals surface area contributed by atoms with Gasteiger partial charge in [-0.1, -0.05) is 17.7 Å². The zero-order valence-electron chi connectivity index (χ0n) is 24.2. The Kier molecular flexibility index (Phi) is 6.77. The van der Waals surface area contributed by atoms with Crippen LogP contribution in [0.3, 0.4) is 0 Å². The number of carbonyl (C=O) groups excluding carboxylic acids is 4. The number of ether oxygens (including phenoxy) is 2. The van der Waals surface area contributed by atoms with Gasteiger partial charge in [0.25, 0.3) is 11.8 Å². The van der Waals surface area contributed by atoms with Crippen LogP contribution in [0.4, 0.5) is 11.4 Å². The zero-order valence-corrected chi connectivity index (χ0v) is 25.7. The lowest BCUT2D eigenvalue weighted by molar-refractivity contribution is -0.138. The number of imide groups is 2. The Labute approximate surface area is 264 Å². The monoisotopic (exact) mass is 639 g/mol. The first kappa shape index (κ1) is 29.1. The van der Waals surface area contributed by atoms with E-state index in [9.17, 15) is 24.3 Å². The van der Waals surface area contributed by atoms with Crippen molar-refractivity contribution in [2.24, 2.45) is 17.8 Å². The van der Waals surface area contributed by atoms with Crippen molar-refractivity contribution in [2.45, 2.75) is 28.5 Å². The molecule has 0 unspecified atom stereocenters. The quantitative estimate of drug-likeness (QED) is 0.307. The largest absolute Gasteiger partial charge is 0.504 e. The third-order valence-corrected chi connectivity index (χ3v) is 11.4. The van der Waals surface area contributed by atoms with Gasteiger partial charge in [-0.15, -0.1) is 23.2 Å². The number of amides is 4. The van der Waals surface area contributed by atoms with Crippen molar-refractivity contribution in [3.63, 3.8) is 0 Å². The predicted molar refractivity (Wildman–Crippen MR) is 162 cm³/mol. The number of carbonyl (C=O) groups is 4. The van der Waals surface area contributed by atoms with E-state index in [1.807, 2.05) is 18.2 Å². The molecule has 2 aromatic carbocycles. The number of aromatic hydroxyl groups is 1. The minimum atomic E-state index is -1.90. The van der Waals surface area contributed by atoms with E-state index in [1.165, 1.54) is 25.1 Å². The van der Waals surface area contributed by atoms with E-state index in [0.717, 1.165) is 23.7 Å². The van der Waals surface area contributed by atoms with Crippen molar-refractivity contribution in [3.8, 4) is 11.5 Å². The molecule has 4 amide bonds. The molecule has 3 saturated heterocycles. The van der Waals surface area contributed by atoms with Crippen molar-refractivity contribution in [1.29, 1.82) is 0 Å². The maximum Gasteiger partial charge on any atom is 0.253 e. The third-order valence-electron chi connectivity index (χ3n) is 10.0. The molecule has 230 valence electrons. The minimum Gasteiger partial charge on any atom is -0.504 e. The van der Waals surface area contributed by atoms with Gasteiger partial charge in [0.1, 0.15) is 0 Å². The average Bonchev–Trinajstić information content (AvgIpc) is 3.36. The molecule has 2 aliphatic carbocycles. The standard InChI is InChI=1S/C32H31Cl2N3O7/c1-35-29(41)31(33)16-22-20(26(32(31,34)30(35)42)17-3-10-23(38)24(15-17)43-2)8-9-21-25(22)28(40)37(27(21)39)19-6-4-18(5-7-19)36-11-13-44-14-12-36/h3-8,10,15,21-22,25-26,38H,9,11-14,16H2,1-2H3/t21-,22+,25-,26-,31+,32-/m0/s1. The number of benzene rings is 2. The van der Waals surface area contributed by atoms with Gasteiger partial charge in [-0.05, 0) is 60.7 Å². The van der Waals surface area contributed by atoms with Crippen LogP contribution in [0.1, 0.15) is 24.3 Å². The van der Waals surface area contributed by atoms with Crippen LogP contribution in [0, 0.1) is 17.8 Å². The number of phenols is 1. The number of hydrogen-bond acceptors (Lipinski definition) is 8. The summed E-state index contributed by atoms with van der Waals surface area (Å²) in [6.45, 7) is 2.79. The van der Waals surface area contributed by atoms with E-state index in [4.69, 9.17) is 32.7 Å². The van der Waals surface area contributed by atoms with Crippen LogP contribution >= 0.6 is 23.2 Å². The number of halogens is 2. The number of methoxy groups -OCH3 is 1. The van der Waals surface area contributed by atoms with E-state index in [0.29, 0.717) is 30.0 Å². The summed E-state index contributed by atoms with van der Waals surface area (Å²) in [5.74, 6) is -4.95. The van der Waals surface area contributed by atoms with Gasteiger partial charge < -0.3 is 19.5 Å². The van der Waals surface area contributed by atoms with Crippen molar-refractivity contribution in [3.05, 3.63) is 59.7 Å². The molecule has 0 spiro atoms. The molecule has 4 fully saturated rings. The van der Waals surface area contributed by atoms with Crippen molar-refractivity contribution in [1.82, 2.24) is 4.90 Å². The second-order valence-electron chi connectivity index (χ2n) is 12.1. The predicted octanol–water partition coefficient (Wildman–Crippen LogP) is 3.43. The van der Waals surface area contributed by atoms with Crippen LogP contribution in [-0.4, -0.2) is 83.8 Å². The maximum absolute atomic E-state index is 14.2. The molecule has 12 heteroatoms. The molecule has 0 radical (unpaired) electrons. The fourth-order valence-electron chi connectivity index (χ4n) is 7.88. The molecular formula is C32H31Cl2N3O7. The van der Waals surface area contributed by atoms with Gasteiger partial charge in [0.05, 0.1) is 37.8 Å². The van der Waals surface area contributed by atoms with E-state index in [1.54, 1.807) is 24.3 Å². The molecule has 2 aromatic rings. The first-order valence-electron chi connectivity index (χ1n) is 14.6. The van der Waals surface area contributed by atoms with Crippen LogP contribution in [-0.2, 0) is 23.9 Å². The molecule has 10 nitrogen and oxygen atoms in total. The van der Waals surface area contributed by atoms with Crippen molar-refractivity contribution >= 4 is 58.2 Å². The van der Waals surface area contributed by atoms with E-state index in [-0.39, 0.29) is 36.2 Å². The highest BCUT2D eigenvalue weighted by atomic mass is 35.5. The summed E-state index contributed by atoms with van der Waals surface area (Å²) >= 11 is 14.4. The summed E-state index contributed by atoms with van der Waals surface area (Å²) in [6, 6.07) is 12.0. The number of fused-ring (bicyclic) bond motifs is 4. The molecule has 6 atom stereocenters. The Morgan fingerprint density at radius 2 is 1.61 bits per heavy atom. The number of allylic oxidation sites excluding steroid dienone is 2. The van der Waals surface area contributed by atoms with Gasteiger partial charge in [-0.25, -0.2) is 0 Å². The van der Waals surface area contributed by atoms with Gasteiger partial charge in [-0.2, -0.15) is 0 Å². The average molecular weight is 641 g/mol. The second kappa shape index (κ2) is 10.2. The normalized spacial score (nSPS) is 33.3. The topological polar surface area (TPSA) is 117 Å². The van der Waals surface area contributed by atoms with Gasteiger partial charge in [-0.3, -0.25) is 29.0 Å². The molecule has 44 heavy (non-hydrogen) atoms. The molecule has 1 N–H and O–H groups in total. The maximum atomic E-state index is 14.2. The van der Waals surface area contributed by atoms with Gasteiger partial charge >= 0.3 is 0 Å². The summed E-state index contributed by atoms with van der Waals surface area (Å²) in [5, 5.41) is 10.3. The highest BCUT2D eigenvalue weighted by Crippen LogP contribution is 2.65. The zero-order chi connectivity index (χ0) is 31.1. The fraction of sp³-hybridized carbons (Fsp3) is 0.438. The number of morpholine rings is 1. The minimum absolute atomic E-state index is 0.0888. The number of rotatable bonds is 4. The number of anilines is 2. The Morgan fingerprint density at radius 3 is 2.30 bits per heavy atom. The highest BCUT2D eigenvalue weighted by molar-refractivity contribution is 6.53. The molecule has 0 aromatic heterocycles. The van der Waals surface area contributed by atoms with Crippen molar-refractivity contribution < 1.29 is 33.8 Å². The molecule has 3 heterocycles.